The van der Waals surface area contributed by atoms with Crippen LogP contribution in [-0.2, 0) is 0 Å². The normalized spacial score (nSPS) is 11.0. The number of ether oxygens (including phenoxy) is 2. The number of Topliss-reactive ketones (excluding diaryl/α,β-unsaturated/α-hetero) is 1. The van der Waals surface area contributed by atoms with Crippen LogP contribution in [0.4, 0.5) is 5.69 Å². The molecule has 7 heteroatoms. The van der Waals surface area contributed by atoms with Gasteiger partial charge in [-0.2, -0.15) is 0 Å². The van der Waals surface area contributed by atoms with E-state index in [0.29, 0.717) is 22.1 Å². The molecule has 28 heavy (non-hydrogen) atoms. The van der Waals surface area contributed by atoms with E-state index in [9.17, 15) is 4.79 Å². The van der Waals surface area contributed by atoms with Crippen molar-refractivity contribution in [2.45, 2.75) is 6.92 Å². The van der Waals surface area contributed by atoms with Crippen LogP contribution in [0.3, 0.4) is 0 Å². The van der Waals surface area contributed by atoms with Crippen LogP contribution in [0.15, 0.2) is 41.8 Å². The van der Waals surface area contributed by atoms with Gasteiger partial charge in [0.15, 0.2) is 17.3 Å². The standard InChI is InChI=1S/C21H18N2O3S2/c1-11(24)20-19(22)18-13(12-6-7-15(25-2)16(9-12)26-3)10-14(23-21(18)28-20)17-5-4-8-27-17/h4-10H,22H2,1-3H3. The highest BCUT2D eigenvalue weighted by Crippen LogP contribution is 2.43. The molecular formula is C21H18N2O3S2. The van der Waals surface area contributed by atoms with E-state index >= 15 is 0 Å². The van der Waals surface area contributed by atoms with Gasteiger partial charge in [0.1, 0.15) is 4.83 Å². The zero-order valence-electron chi connectivity index (χ0n) is 15.6. The van der Waals surface area contributed by atoms with Gasteiger partial charge in [-0.25, -0.2) is 4.98 Å². The number of methoxy groups -OCH3 is 2. The van der Waals surface area contributed by atoms with E-state index in [1.54, 1.807) is 25.6 Å². The second-order valence-electron chi connectivity index (χ2n) is 6.18. The van der Waals surface area contributed by atoms with E-state index in [1.807, 2.05) is 41.8 Å². The summed E-state index contributed by atoms with van der Waals surface area (Å²) in [5, 5.41) is 2.81. The molecule has 0 amide bonds. The minimum Gasteiger partial charge on any atom is -0.493 e. The highest BCUT2D eigenvalue weighted by molar-refractivity contribution is 7.21. The number of ketones is 1. The van der Waals surface area contributed by atoms with E-state index < -0.39 is 0 Å². The molecule has 0 aliphatic heterocycles. The Morgan fingerprint density at radius 1 is 1.11 bits per heavy atom. The van der Waals surface area contributed by atoms with E-state index in [-0.39, 0.29) is 5.78 Å². The van der Waals surface area contributed by atoms with Gasteiger partial charge in [0, 0.05) is 12.3 Å². The number of carbonyl (C=O) groups is 1. The summed E-state index contributed by atoms with van der Waals surface area (Å²) in [6.07, 6.45) is 0. The number of nitrogens with zero attached hydrogens (tertiary/aromatic N) is 1. The number of nitrogens with two attached hydrogens (primary N) is 1. The van der Waals surface area contributed by atoms with Crippen LogP contribution in [0.1, 0.15) is 16.6 Å². The number of benzene rings is 1. The van der Waals surface area contributed by atoms with Crippen LogP contribution >= 0.6 is 22.7 Å². The molecule has 2 N–H and O–H groups in total. The largest absolute Gasteiger partial charge is 0.493 e. The van der Waals surface area contributed by atoms with Crippen molar-refractivity contribution >= 4 is 44.4 Å². The first-order valence-electron chi connectivity index (χ1n) is 8.53. The van der Waals surface area contributed by atoms with E-state index in [4.69, 9.17) is 20.2 Å². The summed E-state index contributed by atoms with van der Waals surface area (Å²) in [5.41, 5.74) is 9.53. The number of rotatable bonds is 5. The fourth-order valence-electron chi connectivity index (χ4n) is 3.16. The Balaban J connectivity index is 2.04. The number of aromatic nitrogens is 1. The number of hydrogen-bond donors (Lipinski definition) is 1. The van der Waals surface area contributed by atoms with Crippen LogP contribution in [-0.4, -0.2) is 25.0 Å². The molecule has 0 saturated carbocycles. The summed E-state index contributed by atoms with van der Waals surface area (Å²) in [6.45, 7) is 1.53. The Labute approximate surface area is 170 Å². The summed E-state index contributed by atoms with van der Waals surface area (Å²) in [5.74, 6) is 1.22. The van der Waals surface area contributed by atoms with E-state index in [0.717, 1.165) is 31.9 Å². The van der Waals surface area contributed by atoms with Crippen LogP contribution < -0.4 is 15.2 Å². The average Bonchev–Trinajstić information content (AvgIpc) is 3.35. The number of carbonyl (C=O) groups excluding carboxylic acids is 1. The van der Waals surface area contributed by atoms with Gasteiger partial charge in [0.2, 0.25) is 0 Å². The highest BCUT2D eigenvalue weighted by Gasteiger charge is 2.20. The maximum absolute atomic E-state index is 12.0. The molecule has 4 rings (SSSR count). The molecule has 0 atom stereocenters. The maximum atomic E-state index is 12.0. The lowest BCUT2D eigenvalue weighted by Crippen LogP contribution is -1.95. The lowest BCUT2D eigenvalue weighted by molar-refractivity contribution is 0.102. The van der Waals surface area contributed by atoms with Crippen LogP contribution in [0.2, 0.25) is 0 Å². The Morgan fingerprint density at radius 3 is 2.54 bits per heavy atom. The number of fused-ring (bicyclic) bond motifs is 1. The third kappa shape index (κ3) is 3.02. The predicted molar refractivity (Wildman–Crippen MR) is 116 cm³/mol. The fraction of sp³-hybridized carbons (Fsp3) is 0.143. The molecule has 142 valence electrons. The molecule has 0 aliphatic rings. The smallest absolute Gasteiger partial charge is 0.171 e. The molecule has 0 aliphatic carbocycles. The summed E-state index contributed by atoms with van der Waals surface area (Å²) in [6, 6.07) is 11.8. The Bertz CT molecular complexity index is 1180. The first kappa shape index (κ1) is 18.5. The van der Waals surface area contributed by atoms with Gasteiger partial charge in [0.05, 0.1) is 35.4 Å². The van der Waals surface area contributed by atoms with Gasteiger partial charge in [-0.05, 0) is 40.8 Å². The van der Waals surface area contributed by atoms with Gasteiger partial charge in [-0.1, -0.05) is 12.1 Å². The molecule has 3 heterocycles. The van der Waals surface area contributed by atoms with Crippen molar-refractivity contribution in [3.63, 3.8) is 0 Å². The van der Waals surface area contributed by atoms with Crippen molar-refractivity contribution in [2.24, 2.45) is 0 Å². The van der Waals surface area contributed by atoms with Crippen LogP contribution in [0.5, 0.6) is 11.5 Å². The average molecular weight is 411 g/mol. The second kappa shape index (κ2) is 7.26. The third-order valence-electron chi connectivity index (χ3n) is 4.49. The topological polar surface area (TPSA) is 74.4 Å². The van der Waals surface area contributed by atoms with Gasteiger partial charge in [-0.15, -0.1) is 22.7 Å². The molecule has 0 bridgehead atoms. The molecule has 0 fully saturated rings. The summed E-state index contributed by atoms with van der Waals surface area (Å²) in [4.78, 5) is 19.2. The van der Waals surface area contributed by atoms with Crippen molar-refractivity contribution in [3.8, 4) is 33.2 Å². The predicted octanol–water partition coefficient (Wildman–Crippen LogP) is 5.49. The summed E-state index contributed by atoms with van der Waals surface area (Å²) < 4.78 is 10.8. The van der Waals surface area contributed by atoms with Crippen molar-refractivity contribution in [1.29, 1.82) is 0 Å². The number of thiophene rings is 2. The lowest BCUT2D eigenvalue weighted by Gasteiger charge is -2.12. The highest BCUT2D eigenvalue weighted by atomic mass is 32.1. The first-order valence-corrected chi connectivity index (χ1v) is 10.2. The molecular weight excluding hydrogens is 392 g/mol. The monoisotopic (exact) mass is 410 g/mol. The van der Waals surface area contributed by atoms with E-state index in [1.165, 1.54) is 18.3 Å². The zero-order chi connectivity index (χ0) is 19.8. The fourth-order valence-corrected chi connectivity index (χ4v) is 4.87. The van der Waals surface area contributed by atoms with Crippen molar-refractivity contribution < 1.29 is 14.3 Å². The Hall–Kier alpha value is -2.90. The second-order valence-corrected chi connectivity index (χ2v) is 8.13. The minimum atomic E-state index is -0.0589. The first-order chi connectivity index (χ1) is 13.5. The molecule has 4 aromatic rings. The van der Waals surface area contributed by atoms with Gasteiger partial charge in [0.25, 0.3) is 0 Å². The maximum Gasteiger partial charge on any atom is 0.171 e. The SMILES string of the molecule is COc1ccc(-c2cc(-c3cccs3)nc3sc(C(C)=O)c(N)c23)cc1OC. The number of hydrogen-bond acceptors (Lipinski definition) is 7. The molecule has 0 radical (unpaired) electrons. The van der Waals surface area contributed by atoms with Crippen LogP contribution in [0, 0.1) is 0 Å². The van der Waals surface area contributed by atoms with Gasteiger partial charge < -0.3 is 15.2 Å². The third-order valence-corrected chi connectivity index (χ3v) is 6.58. The molecule has 3 aromatic heterocycles. The van der Waals surface area contributed by atoms with Crippen molar-refractivity contribution in [3.05, 3.63) is 46.7 Å². The van der Waals surface area contributed by atoms with Crippen molar-refractivity contribution in [2.75, 3.05) is 20.0 Å². The Kier molecular flexibility index (Phi) is 4.78. The molecule has 0 saturated heterocycles. The summed E-state index contributed by atoms with van der Waals surface area (Å²) in [7, 11) is 3.21. The molecule has 0 unspecified atom stereocenters. The summed E-state index contributed by atoms with van der Waals surface area (Å²) >= 11 is 2.95. The molecule has 5 nitrogen and oxygen atoms in total. The van der Waals surface area contributed by atoms with Crippen LogP contribution in [0.25, 0.3) is 31.9 Å². The number of nitrogen functional groups attached to an aromatic ring is 1. The molecule has 0 spiro atoms. The lowest BCUT2D eigenvalue weighted by atomic mass is 10.00. The van der Waals surface area contributed by atoms with Crippen molar-refractivity contribution in [1.82, 2.24) is 4.98 Å². The number of pyridine rings is 1. The minimum absolute atomic E-state index is 0.0589. The van der Waals surface area contributed by atoms with Gasteiger partial charge >= 0.3 is 0 Å². The Morgan fingerprint density at radius 2 is 1.89 bits per heavy atom. The zero-order valence-corrected chi connectivity index (χ0v) is 17.2. The van der Waals surface area contributed by atoms with E-state index in [2.05, 4.69) is 0 Å². The van der Waals surface area contributed by atoms with Gasteiger partial charge in [-0.3, -0.25) is 4.79 Å². The molecule has 1 aromatic carbocycles. The number of anilines is 1. The quantitative estimate of drug-likeness (QED) is 0.440.